The van der Waals surface area contributed by atoms with Crippen molar-refractivity contribution in [3.63, 3.8) is 0 Å². The predicted molar refractivity (Wildman–Crippen MR) is 52.1 cm³/mol. The third kappa shape index (κ3) is 8.84. The Morgan fingerprint density at radius 3 is 2.25 bits per heavy atom. The summed E-state index contributed by atoms with van der Waals surface area (Å²) < 4.78 is 0. The fraction of sp³-hybridized carbons (Fsp3) is 0.500. The number of carbonyl (C=O) groups is 1. The van der Waals surface area contributed by atoms with Gasteiger partial charge in [-0.1, -0.05) is 0 Å². The molecule has 0 aromatic carbocycles. The van der Waals surface area contributed by atoms with Crippen LogP contribution in [0.3, 0.4) is 0 Å². The number of aliphatic imine (C=N–C) groups is 1. The molecule has 0 amide bonds. The first-order chi connectivity index (χ1) is 5.70. The van der Waals surface area contributed by atoms with Gasteiger partial charge in [0.2, 0.25) is 0 Å². The van der Waals surface area contributed by atoms with Gasteiger partial charge in [-0.3, -0.25) is 9.79 Å². The van der Waals surface area contributed by atoms with Gasteiger partial charge in [-0.15, -0.1) is 0 Å². The van der Waals surface area contributed by atoms with E-state index in [2.05, 4.69) is 10.7 Å². The number of carbonyl (C=O) groups excluding carboxylic acids is 1. The molecule has 4 nitrogen and oxygen atoms in total. The third-order valence-electron chi connectivity index (χ3n) is 0.837. The predicted octanol–water partition coefficient (Wildman–Crippen LogP) is 0.0836. The molecule has 0 bridgehead atoms. The molecule has 0 radical (unpaired) electrons. The number of allylic oxidation sites excluding steroid dienone is 2. The van der Waals surface area contributed by atoms with E-state index in [-0.39, 0.29) is 0 Å². The Morgan fingerprint density at radius 1 is 1.50 bits per heavy atom. The molecule has 0 aliphatic heterocycles. The van der Waals surface area contributed by atoms with E-state index in [9.17, 15) is 4.79 Å². The molecule has 0 fully saturated rings. The van der Waals surface area contributed by atoms with Gasteiger partial charge in [0.1, 0.15) is 0 Å². The van der Waals surface area contributed by atoms with Crippen LogP contribution in [0.1, 0.15) is 13.8 Å². The lowest BCUT2D eigenvalue weighted by molar-refractivity contribution is -0.102. The zero-order chi connectivity index (χ0) is 9.98. The lowest BCUT2D eigenvalue weighted by atomic mass is 10.3. The van der Waals surface area contributed by atoms with Gasteiger partial charge < -0.3 is 11.5 Å². The second-order valence-electron chi connectivity index (χ2n) is 1.91. The third-order valence-corrected chi connectivity index (χ3v) is 0.837. The van der Waals surface area contributed by atoms with Gasteiger partial charge in [0.05, 0.1) is 5.71 Å². The van der Waals surface area contributed by atoms with Crippen LogP contribution in [-0.2, 0) is 4.79 Å². The van der Waals surface area contributed by atoms with Crippen LogP contribution in [-0.4, -0.2) is 25.6 Å². The zero-order valence-electron chi connectivity index (χ0n) is 7.87. The molecule has 0 aromatic rings. The van der Waals surface area contributed by atoms with Gasteiger partial charge in [0.15, 0.2) is 6.29 Å². The van der Waals surface area contributed by atoms with Crippen molar-refractivity contribution in [2.24, 2.45) is 16.5 Å². The first kappa shape index (κ1) is 13.4. The van der Waals surface area contributed by atoms with E-state index in [0.29, 0.717) is 24.2 Å². The Hall–Kier alpha value is -1.16. The molecule has 0 aliphatic carbocycles. The summed E-state index contributed by atoms with van der Waals surface area (Å²) in [6.07, 6.45) is 2.25. The molecule has 12 heavy (non-hydrogen) atoms. The van der Waals surface area contributed by atoms with Crippen molar-refractivity contribution in [3.05, 3.63) is 11.8 Å². The molecule has 4 heteroatoms. The van der Waals surface area contributed by atoms with E-state index in [1.165, 1.54) is 7.05 Å². The number of nitrogens with two attached hydrogens (primary N) is 2. The lowest BCUT2D eigenvalue weighted by Crippen LogP contribution is -2.01. The Labute approximate surface area is 73.3 Å². The normalized spacial score (nSPS) is 11.7. The molecule has 0 unspecified atom stereocenters. The Morgan fingerprint density at radius 2 is 2.00 bits per heavy atom. The summed E-state index contributed by atoms with van der Waals surface area (Å²) in [5, 5.41) is 0. The first-order valence-corrected chi connectivity index (χ1v) is 3.71. The minimum absolute atomic E-state index is 0.405. The van der Waals surface area contributed by atoms with Gasteiger partial charge in [-0.2, -0.15) is 0 Å². The minimum Gasteiger partial charge on any atom is -0.402 e. The van der Waals surface area contributed by atoms with Crippen LogP contribution >= 0.6 is 0 Å². The number of hydrogen-bond donors (Lipinski definition) is 2. The monoisotopic (exact) mass is 171 g/mol. The smallest absolute Gasteiger partial charge is 0.168 e. The highest BCUT2D eigenvalue weighted by Gasteiger charge is 1.88. The fourth-order valence-electron chi connectivity index (χ4n) is 0.533. The van der Waals surface area contributed by atoms with Gasteiger partial charge in [-0.25, -0.2) is 0 Å². The Balaban J connectivity index is 0. The molecule has 0 aromatic heterocycles. The highest BCUT2D eigenvalue weighted by Crippen LogP contribution is 1.83. The maximum Gasteiger partial charge on any atom is 0.168 e. The van der Waals surface area contributed by atoms with E-state index >= 15 is 0 Å². The highest BCUT2D eigenvalue weighted by molar-refractivity contribution is 6.33. The summed E-state index contributed by atoms with van der Waals surface area (Å²) in [6.45, 7) is 4.19. The maximum absolute atomic E-state index is 10.2. The summed E-state index contributed by atoms with van der Waals surface area (Å²) in [7, 11) is 1.50. The van der Waals surface area contributed by atoms with Gasteiger partial charge >= 0.3 is 0 Å². The van der Waals surface area contributed by atoms with E-state index in [1.807, 2.05) is 6.92 Å². The molecular weight excluding hydrogens is 154 g/mol. The van der Waals surface area contributed by atoms with Crippen molar-refractivity contribution in [1.29, 1.82) is 0 Å². The molecule has 0 atom stereocenters. The fourth-order valence-corrected chi connectivity index (χ4v) is 0.533. The summed E-state index contributed by atoms with van der Waals surface area (Å²) in [5.74, 6) is 0. The molecule has 0 heterocycles. The van der Waals surface area contributed by atoms with Crippen LogP contribution < -0.4 is 11.5 Å². The molecule has 0 saturated heterocycles. The average molecular weight is 171 g/mol. The standard InChI is InChI=1S/C7H12N2O.CH5N/c1-3-9-7(5-10)4-6(2)8;1-2/h4-5H,3,8H2,1-2H3;2H2,1H3/b6-4-,9-7?;. The first-order valence-electron chi connectivity index (χ1n) is 3.71. The van der Waals surface area contributed by atoms with E-state index < -0.39 is 0 Å². The Kier molecular flexibility index (Phi) is 11.0. The zero-order valence-corrected chi connectivity index (χ0v) is 7.87. The molecule has 0 saturated carbocycles. The summed E-state index contributed by atoms with van der Waals surface area (Å²) in [6, 6.07) is 0. The summed E-state index contributed by atoms with van der Waals surface area (Å²) in [4.78, 5) is 14.1. The largest absolute Gasteiger partial charge is 0.402 e. The van der Waals surface area contributed by atoms with Gasteiger partial charge in [0, 0.05) is 12.2 Å². The van der Waals surface area contributed by atoms with Crippen LogP contribution in [0, 0.1) is 0 Å². The topological polar surface area (TPSA) is 81.5 Å². The van der Waals surface area contributed by atoms with Crippen LogP contribution in [0.4, 0.5) is 0 Å². The van der Waals surface area contributed by atoms with E-state index in [4.69, 9.17) is 5.73 Å². The van der Waals surface area contributed by atoms with Crippen LogP contribution in [0.15, 0.2) is 16.8 Å². The van der Waals surface area contributed by atoms with Gasteiger partial charge in [0.25, 0.3) is 0 Å². The summed E-state index contributed by atoms with van der Waals surface area (Å²) >= 11 is 0. The quantitative estimate of drug-likeness (QED) is 0.466. The van der Waals surface area contributed by atoms with Crippen LogP contribution in [0.5, 0.6) is 0 Å². The second-order valence-corrected chi connectivity index (χ2v) is 1.91. The maximum atomic E-state index is 10.2. The molecule has 70 valence electrons. The summed E-state index contributed by atoms with van der Waals surface area (Å²) in [5.41, 5.74) is 10.8. The number of nitrogens with zero attached hydrogens (tertiary/aromatic N) is 1. The van der Waals surface area contributed by atoms with Crippen molar-refractivity contribution in [1.82, 2.24) is 0 Å². The van der Waals surface area contributed by atoms with Crippen LogP contribution in [0.25, 0.3) is 0 Å². The van der Waals surface area contributed by atoms with E-state index in [1.54, 1.807) is 13.0 Å². The number of rotatable bonds is 3. The second kappa shape index (κ2) is 9.84. The van der Waals surface area contributed by atoms with Crippen molar-refractivity contribution >= 4 is 12.0 Å². The van der Waals surface area contributed by atoms with Gasteiger partial charge in [-0.05, 0) is 27.0 Å². The highest BCUT2D eigenvalue weighted by atomic mass is 16.1. The van der Waals surface area contributed by atoms with E-state index in [0.717, 1.165) is 0 Å². The van der Waals surface area contributed by atoms with Crippen molar-refractivity contribution < 1.29 is 4.79 Å². The lowest BCUT2D eigenvalue weighted by Gasteiger charge is -1.89. The number of aldehydes is 1. The molecule has 0 aliphatic rings. The molecule has 4 N–H and O–H groups in total. The van der Waals surface area contributed by atoms with Crippen molar-refractivity contribution in [3.8, 4) is 0 Å². The molecule has 0 spiro atoms. The van der Waals surface area contributed by atoms with Crippen LogP contribution in [0.2, 0.25) is 0 Å². The average Bonchev–Trinajstić information content (AvgIpc) is 2.07. The SMILES string of the molecule is CCN=C(C=O)/C=C(/C)N.CN. The van der Waals surface area contributed by atoms with Crippen molar-refractivity contribution in [2.75, 3.05) is 13.6 Å². The molecular formula is C8H17N3O. The van der Waals surface area contributed by atoms with Crippen molar-refractivity contribution in [2.45, 2.75) is 13.8 Å². The molecule has 0 rings (SSSR count). The Bertz CT molecular complexity index is 169. The minimum atomic E-state index is 0.405. The number of hydrogen-bond acceptors (Lipinski definition) is 4.